The van der Waals surface area contributed by atoms with Gasteiger partial charge in [0.05, 0.1) is 18.3 Å². The average molecular weight is 279 g/mol. The molecule has 4 fully saturated rings. The number of nitrogens with zero attached hydrogens (tertiary/aromatic N) is 3. The van der Waals surface area contributed by atoms with E-state index in [-0.39, 0.29) is 0 Å². The van der Waals surface area contributed by atoms with Gasteiger partial charge in [-0.05, 0) is 30.6 Å². The molecule has 3 aliphatic heterocycles. The van der Waals surface area contributed by atoms with Crippen LogP contribution in [-0.4, -0.2) is 39.4 Å². The molecule has 4 aliphatic rings. The summed E-state index contributed by atoms with van der Waals surface area (Å²) in [4.78, 5) is 2.68. The second-order valence-corrected chi connectivity index (χ2v) is 7.31. The molecule has 0 aromatic carbocycles. The molecule has 3 saturated heterocycles. The minimum Gasteiger partial charge on any atom is -0.475 e. The Balaban J connectivity index is 1.57. The molecule has 1 aliphatic carbocycles. The molecule has 104 valence electrons. The number of piperidine rings is 1. The van der Waals surface area contributed by atoms with E-state index < -0.39 is 0 Å². The van der Waals surface area contributed by atoms with E-state index in [2.05, 4.69) is 27.5 Å². The first kappa shape index (κ1) is 12.1. The highest BCUT2D eigenvalue weighted by Crippen LogP contribution is 2.54. The summed E-state index contributed by atoms with van der Waals surface area (Å²) in [5, 5.41) is 0. The van der Waals surface area contributed by atoms with E-state index in [1.807, 2.05) is 0 Å². The number of aromatic nitrogens is 2. The van der Waals surface area contributed by atoms with E-state index in [1.165, 1.54) is 43.4 Å². The first-order chi connectivity index (χ1) is 9.22. The summed E-state index contributed by atoms with van der Waals surface area (Å²) >= 11 is 1.32. The average Bonchev–Trinajstić information content (AvgIpc) is 3.01. The van der Waals surface area contributed by atoms with E-state index in [4.69, 9.17) is 4.74 Å². The van der Waals surface area contributed by atoms with Crippen LogP contribution in [0.15, 0.2) is 0 Å². The van der Waals surface area contributed by atoms with Crippen molar-refractivity contribution in [2.45, 2.75) is 38.6 Å². The molecule has 4 bridgehead atoms. The quantitative estimate of drug-likeness (QED) is 0.848. The van der Waals surface area contributed by atoms with Crippen LogP contribution >= 0.6 is 11.7 Å². The second kappa shape index (κ2) is 4.42. The maximum absolute atomic E-state index is 5.89. The Hall–Kier alpha value is -0.680. The van der Waals surface area contributed by atoms with Crippen LogP contribution in [0.4, 0.5) is 0 Å². The lowest BCUT2D eigenvalue weighted by molar-refractivity contribution is 0.207. The van der Waals surface area contributed by atoms with Gasteiger partial charge in [0, 0.05) is 25.0 Å². The van der Waals surface area contributed by atoms with Crippen LogP contribution in [0.1, 0.15) is 38.3 Å². The molecule has 1 aromatic heterocycles. The van der Waals surface area contributed by atoms with Crippen LogP contribution < -0.4 is 4.74 Å². The number of ether oxygens (including phenoxy) is 1. The minimum atomic E-state index is 0.538. The highest BCUT2D eigenvalue weighted by Gasteiger charge is 2.53. The smallest absolute Gasteiger partial charge is 0.249 e. The van der Waals surface area contributed by atoms with E-state index in [0.29, 0.717) is 11.8 Å². The van der Waals surface area contributed by atoms with Gasteiger partial charge in [-0.2, -0.15) is 4.37 Å². The molecule has 0 amide bonds. The third-order valence-electron chi connectivity index (χ3n) is 4.97. The van der Waals surface area contributed by atoms with Crippen molar-refractivity contribution >= 4 is 11.7 Å². The molecular weight excluding hydrogens is 258 g/mol. The summed E-state index contributed by atoms with van der Waals surface area (Å²) in [6, 6.07) is 0.873. The lowest BCUT2D eigenvalue weighted by Gasteiger charge is -2.34. The van der Waals surface area contributed by atoms with Crippen molar-refractivity contribution in [3.8, 4) is 5.88 Å². The summed E-state index contributed by atoms with van der Waals surface area (Å²) in [6.07, 6.45) is 2.73. The summed E-state index contributed by atoms with van der Waals surface area (Å²) in [5.74, 6) is 3.56. The van der Waals surface area contributed by atoms with Crippen molar-refractivity contribution in [2.24, 2.45) is 17.8 Å². The van der Waals surface area contributed by atoms with Gasteiger partial charge in [0.25, 0.3) is 0 Å². The number of rotatable bonds is 4. The molecule has 5 rings (SSSR count). The molecule has 0 radical (unpaired) electrons. The van der Waals surface area contributed by atoms with Crippen molar-refractivity contribution in [1.29, 1.82) is 0 Å². The molecule has 5 heteroatoms. The van der Waals surface area contributed by atoms with Gasteiger partial charge in [0.1, 0.15) is 5.69 Å². The Morgan fingerprint density at radius 3 is 2.63 bits per heavy atom. The fourth-order valence-electron chi connectivity index (χ4n) is 4.31. The molecule has 2 atom stereocenters. The fourth-order valence-corrected chi connectivity index (χ4v) is 4.85. The van der Waals surface area contributed by atoms with E-state index in [9.17, 15) is 0 Å². The maximum atomic E-state index is 5.89. The van der Waals surface area contributed by atoms with Gasteiger partial charge < -0.3 is 4.74 Å². The zero-order valence-corrected chi connectivity index (χ0v) is 12.4. The van der Waals surface area contributed by atoms with Crippen molar-refractivity contribution in [2.75, 3.05) is 19.7 Å². The SMILES string of the molecule is CC(C)COc1nsnc1C1C2CC3CC1CN3C2. The topological polar surface area (TPSA) is 38.3 Å². The summed E-state index contributed by atoms with van der Waals surface area (Å²) in [7, 11) is 0. The van der Waals surface area contributed by atoms with Gasteiger partial charge in [-0.3, -0.25) is 4.90 Å². The Kier molecular flexibility index (Phi) is 2.81. The second-order valence-electron chi connectivity index (χ2n) is 6.78. The molecule has 2 unspecified atom stereocenters. The largest absolute Gasteiger partial charge is 0.475 e. The predicted molar refractivity (Wildman–Crippen MR) is 74.6 cm³/mol. The zero-order chi connectivity index (χ0) is 13.0. The molecule has 0 spiro atoms. The third kappa shape index (κ3) is 1.89. The van der Waals surface area contributed by atoms with Crippen molar-refractivity contribution in [1.82, 2.24) is 13.6 Å². The van der Waals surface area contributed by atoms with E-state index in [0.717, 1.165) is 30.4 Å². The Labute approximate surface area is 118 Å². The van der Waals surface area contributed by atoms with Crippen LogP contribution in [0.3, 0.4) is 0 Å². The van der Waals surface area contributed by atoms with Crippen LogP contribution in [0.2, 0.25) is 0 Å². The Morgan fingerprint density at radius 1 is 1.26 bits per heavy atom. The van der Waals surface area contributed by atoms with Gasteiger partial charge in [0.2, 0.25) is 5.88 Å². The van der Waals surface area contributed by atoms with E-state index >= 15 is 0 Å². The predicted octanol–water partition coefficient (Wildman–Crippen LogP) is 2.38. The zero-order valence-electron chi connectivity index (χ0n) is 11.6. The van der Waals surface area contributed by atoms with Crippen LogP contribution in [0.25, 0.3) is 0 Å². The molecule has 4 heterocycles. The van der Waals surface area contributed by atoms with Gasteiger partial charge in [-0.25, -0.2) is 0 Å². The summed E-state index contributed by atoms with van der Waals surface area (Å²) < 4.78 is 14.9. The number of hydrogen-bond donors (Lipinski definition) is 0. The standard InChI is InChI=1S/C14H21N3OS/c1-8(2)7-18-14-13(15-19-16-14)12-9-3-11-4-10(12)6-17(11)5-9/h8-12H,3-7H2,1-2H3. The Morgan fingerprint density at radius 2 is 2.00 bits per heavy atom. The van der Waals surface area contributed by atoms with Gasteiger partial charge >= 0.3 is 0 Å². The van der Waals surface area contributed by atoms with Crippen LogP contribution in [-0.2, 0) is 0 Å². The highest BCUT2D eigenvalue weighted by molar-refractivity contribution is 6.99. The minimum absolute atomic E-state index is 0.538. The van der Waals surface area contributed by atoms with Crippen molar-refractivity contribution in [3.05, 3.63) is 5.69 Å². The molecule has 1 aromatic rings. The third-order valence-corrected chi connectivity index (χ3v) is 5.50. The highest BCUT2D eigenvalue weighted by atomic mass is 32.1. The number of hydrogen-bond acceptors (Lipinski definition) is 5. The van der Waals surface area contributed by atoms with Gasteiger partial charge in [0.15, 0.2) is 0 Å². The molecule has 0 N–H and O–H groups in total. The van der Waals surface area contributed by atoms with Crippen LogP contribution in [0, 0.1) is 17.8 Å². The fraction of sp³-hybridized carbons (Fsp3) is 0.857. The van der Waals surface area contributed by atoms with Crippen LogP contribution in [0.5, 0.6) is 5.88 Å². The molecule has 1 saturated carbocycles. The van der Waals surface area contributed by atoms with E-state index in [1.54, 1.807) is 0 Å². The lowest BCUT2D eigenvalue weighted by Crippen LogP contribution is -2.34. The summed E-state index contributed by atoms with van der Waals surface area (Å²) in [5.41, 5.74) is 1.17. The monoisotopic (exact) mass is 279 g/mol. The van der Waals surface area contributed by atoms with Crippen molar-refractivity contribution in [3.63, 3.8) is 0 Å². The normalized spacial score (nSPS) is 39.4. The summed E-state index contributed by atoms with van der Waals surface area (Å²) in [6.45, 7) is 7.63. The molecular formula is C14H21N3OS. The first-order valence-electron chi connectivity index (χ1n) is 7.41. The maximum Gasteiger partial charge on any atom is 0.249 e. The Bertz CT molecular complexity index is 445. The van der Waals surface area contributed by atoms with Crippen molar-refractivity contribution < 1.29 is 4.74 Å². The first-order valence-corrected chi connectivity index (χ1v) is 8.14. The lowest BCUT2D eigenvalue weighted by atomic mass is 9.72. The molecule has 19 heavy (non-hydrogen) atoms. The van der Waals surface area contributed by atoms with Gasteiger partial charge in [-0.1, -0.05) is 13.8 Å². The molecule has 4 nitrogen and oxygen atoms in total. The van der Waals surface area contributed by atoms with Gasteiger partial charge in [-0.15, -0.1) is 4.37 Å².